The fourth-order valence-corrected chi connectivity index (χ4v) is 2.97. The van der Waals surface area contributed by atoms with Crippen molar-refractivity contribution in [3.8, 4) is 11.3 Å². The van der Waals surface area contributed by atoms with Gasteiger partial charge in [-0.2, -0.15) is 10.2 Å². The highest BCUT2D eigenvalue weighted by Crippen LogP contribution is 2.25. The van der Waals surface area contributed by atoms with Crippen LogP contribution in [0.25, 0.3) is 22.0 Å². The highest BCUT2D eigenvalue weighted by molar-refractivity contribution is 6.04. The molecule has 0 unspecified atom stereocenters. The molecule has 0 aliphatic rings. The van der Waals surface area contributed by atoms with E-state index in [2.05, 4.69) is 20.6 Å². The second-order valence-corrected chi connectivity index (χ2v) is 6.32. The zero-order chi connectivity index (χ0) is 20.4. The molecule has 0 aliphatic carbocycles. The summed E-state index contributed by atoms with van der Waals surface area (Å²) in [7, 11) is 0. The van der Waals surface area contributed by atoms with Gasteiger partial charge < -0.3 is 5.32 Å². The molecule has 1 amide bonds. The molecule has 2 N–H and O–H groups in total. The number of aromatic nitrogens is 4. The predicted molar refractivity (Wildman–Crippen MR) is 104 cm³/mol. The summed E-state index contributed by atoms with van der Waals surface area (Å²) in [6.45, 7) is -0.567. The van der Waals surface area contributed by atoms with Crippen LogP contribution in [0.1, 0.15) is 10.4 Å². The van der Waals surface area contributed by atoms with Crippen molar-refractivity contribution in [2.24, 2.45) is 0 Å². The number of alkyl halides is 2. The van der Waals surface area contributed by atoms with Crippen molar-refractivity contribution < 1.29 is 13.6 Å². The Morgan fingerprint density at radius 1 is 1.10 bits per heavy atom. The van der Waals surface area contributed by atoms with Gasteiger partial charge in [0.2, 0.25) is 0 Å². The van der Waals surface area contributed by atoms with Crippen LogP contribution < -0.4 is 10.9 Å². The molecule has 0 saturated carbocycles. The molecule has 2 aromatic heterocycles. The van der Waals surface area contributed by atoms with Crippen molar-refractivity contribution in [2.75, 3.05) is 5.32 Å². The van der Waals surface area contributed by atoms with Crippen molar-refractivity contribution in [1.29, 1.82) is 0 Å². The molecule has 4 rings (SSSR count). The number of halogens is 2. The van der Waals surface area contributed by atoms with Gasteiger partial charge in [-0.1, -0.05) is 30.3 Å². The molecule has 9 heteroatoms. The fraction of sp³-hybridized carbons (Fsp3) is 0.100. The Hall–Kier alpha value is -3.88. The third-order valence-corrected chi connectivity index (χ3v) is 4.33. The molecule has 0 spiro atoms. The fourth-order valence-electron chi connectivity index (χ4n) is 2.97. The number of benzene rings is 2. The van der Waals surface area contributed by atoms with Crippen LogP contribution in [-0.4, -0.2) is 32.3 Å². The van der Waals surface area contributed by atoms with Gasteiger partial charge in [0.25, 0.3) is 17.9 Å². The second-order valence-electron chi connectivity index (χ2n) is 6.32. The average molecular weight is 395 g/mol. The Balaban J connectivity index is 1.54. The Morgan fingerprint density at radius 2 is 1.83 bits per heavy atom. The Morgan fingerprint density at radius 3 is 2.55 bits per heavy atom. The molecule has 0 bridgehead atoms. The highest BCUT2D eigenvalue weighted by Gasteiger charge is 2.12. The van der Waals surface area contributed by atoms with E-state index in [1.807, 2.05) is 12.1 Å². The number of carbonyl (C=O) groups is 1. The minimum absolute atomic E-state index is 0.183. The number of H-pyrrole nitrogens is 1. The lowest BCUT2D eigenvalue weighted by Crippen LogP contribution is -2.12. The summed E-state index contributed by atoms with van der Waals surface area (Å²) >= 11 is 0. The first kappa shape index (κ1) is 18.5. The lowest BCUT2D eigenvalue weighted by atomic mass is 10.0. The Kier molecular flexibility index (Phi) is 4.86. The standard InChI is InChI=1S/C20H15F2N5O2/c21-17(22)11-27-10-13(9-23-27)19(28)24-14-7-5-12(6-8-14)18-15-3-1-2-4-16(15)20(29)26-25-18/h1-10,17H,11H2,(H,24,28)(H,26,29). The normalized spacial score (nSPS) is 11.1. The van der Waals surface area contributed by atoms with Crippen molar-refractivity contribution in [1.82, 2.24) is 20.0 Å². The van der Waals surface area contributed by atoms with E-state index in [-0.39, 0.29) is 11.1 Å². The maximum atomic E-state index is 12.4. The Bertz CT molecular complexity index is 1230. The van der Waals surface area contributed by atoms with Crippen LogP contribution in [-0.2, 0) is 6.54 Å². The number of hydrogen-bond acceptors (Lipinski definition) is 4. The van der Waals surface area contributed by atoms with Gasteiger partial charge >= 0.3 is 0 Å². The van der Waals surface area contributed by atoms with Crippen LogP contribution in [0.4, 0.5) is 14.5 Å². The topological polar surface area (TPSA) is 92.7 Å². The molecule has 2 heterocycles. The van der Waals surface area contributed by atoms with E-state index in [0.717, 1.165) is 15.6 Å². The first-order chi connectivity index (χ1) is 14.0. The van der Waals surface area contributed by atoms with Crippen molar-refractivity contribution in [3.63, 3.8) is 0 Å². The number of hydrogen-bond donors (Lipinski definition) is 2. The molecule has 0 saturated heterocycles. The van der Waals surface area contributed by atoms with Gasteiger partial charge in [-0.15, -0.1) is 0 Å². The number of nitrogens with one attached hydrogen (secondary N) is 2. The maximum Gasteiger partial charge on any atom is 0.272 e. The van der Waals surface area contributed by atoms with Crippen LogP contribution in [0.2, 0.25) is 0 Å². The van der Waals surface area contributed by atoms with Gasteiger partial charge in [-0.05, 0) is 18.2 Å². The largest absolute Gasteiger partial charge is 0.322 e. The zero-order valence-corrected chi connectivity index (χ0v) is 15.0. The minimum atomic E-state index is -2.55. The predicted octanol–water partition coefficient (Wildman–Crippen LogP) is 3.30. The van der Waals surface area contributed by atoms with Gasteiger partial charge in [0.1, 0.15) is 6.54 Å². The number of anilines is 1. The quantitative estimate of drug-likeness (QED) is 0.542. The average Bonchev–Trinajstić information content (AvgIpc) is 3.17. The summed E-state index contributed by atoms with van der Waals surface area (Å²) in [6.07, 6.45) is -0.0368. The first-order valence-corrected chi connectivity index (χ1v) is 8.71. The third kappa shape index (κ3) is 3.88. The van der Waals surface area contributed by atoms with E-state index in [9.17, 15) is 18.4 Å². The number of fused-ring (bicyclic) bond motifs is 1. The molecule has 4 aromatic rings. The first-order valence-electron chi connectivity index (χ1n) is 8.71. The lowest BCUT2D eigenvalue weighted by Gasteiger charge is -2.07. The second kappa shape index (κ2) is 7.63. The van der Waals surface area contributed by atoms with Gasteiger partial charge in [0, 0.05) is 22.8 Å². The van der Waals surface area contributed by atoms with Crippen LogP contribution in [0.3, 0.4) is 0 Å². The van der Waals surface area contributed by atoms with Crippen molar-refractivity contribution in [2.45, 2.75) is 13.0 Å². The number of carbonyl (C=O) groups excluding carboxylic acids is 1. The molecular weight excluding hydrogens is 380 g/mol. The number of nitrogens with zero attached hydrogens (tertiary/aromatic N) is 3. The molecule has 0 atom stereocenters. The smallest absolute Gasteiger partial charge is 0.272 e. The summed E-state index contributed by atoms with van der Waals surface area (Å²) in [5, 5.41) is 14.3. The number of amides is 1. The Labute approximate surface area is 163 Å². The number of aromatic amines is 1. The van der Waals surface area contributed by atoms with Crippen LogP contribution in [0, 0.1) is 0 Å². The SMILES string of the molecule is O=C(Nc1ccc(-c2n[nH]c(=O)c3ccccc23)cc1)c1cnn(CC(F)F)c1. The molecule has 146 valence electrons. The molecule has 0 radical (unpaired) electrons. The minimum Gasteiger partial charge on any atom is -0.322 e. The monoisotopic (exact) mass is 395 g/mol. The van der Waals surface area contributed by atoms with Crippen LogP contribution >= 0.6 is 0 Å². The van der Waals surface area contributed by atoms with E-state index in [1.54, 1.807) is 36.4 Å². The van der Waals surface area contributed by atoms with Gasteiger partial charge in [0.15, 0.2) is 0 Å². The maximum absolute atomic E-state index is 12.4. The molecule has 2 aromatic carbocycles. The van der Waals surface area contributed by atoms with Gasteiger partial charge in [0.05, 0.1) is 22.8 Å². The summed E-state index contributed by atoms with van der Waals surface area (Å²) in [5.41, 5.74) is 1.82. The zero-order valence-electron chi connectivity index (χ0n) is 15.0. The molecular formula is C20H15F2N5O2. The van der Waals surface area contributed by atoms with E-state index >= 15 is 0 Å². The van der Waals surface area contributed by atoms with Crippen molar-refractivity contribution in [3.05, 3.63) is 76.8 Å². The van der Waals surface area contributed by atoms with E-state index in [1.165, 1.54) is 12.4 Å². The summed E-state index contributed by atoms with van der Waals surface area (Å²) in [5.74, 6) is -0.453. The lowest BCUT2D eigenvalue weighted by molar-refractivity contribution is 0.102. The third-order valence-electron chi connectivity index (χ3n) is 4.33. The molecule has 0 aliphatic heterocycles. The highest BCUT2D eigenvalue weighted by atomic mass is 19.3. The van der Waals surface area contributed by atoms with Gasteiger partial charge in [-0.25, -0.2) is 13.9 Å². The van der Waals surface area contributed by atoms with E-state index in [0.29, 0.717) is 16.8 Å². The molecule has 29 heavy (non-hydrogen) atoms. The molecule has 0 fully saturated rings. The van der Waals surface area contributed by atoms with E-state index in [4.69, 9.17) is 0 Å². The summed E-state index contributed by atoms with van der Waals surface area (Å²) < 4.78 is 25.8. The molecule has 7 nitrogen and oxygen atoms in total. The summed E-state index contributed by atoms with van der Waals surface area (Å²) in [4.78, 5) is 24.2. The number of rotatable bonds is 5. The summed E-state index contributed by atoms with van der Waals surface area (Å²) in [6, 6.07) is 14.1. The van der Waals surface area contributed by atoms with E-state index < -0.39 is 18.9 Å². The van der Waals surface area contributed by atoms with Crippen LogP contribution in [0.5, 0.6) is 0 Å². The van der Waals surface area contributed by atoms with Gasteiger partial charge in [-0.3, -0.25) is 14.3 Å². The van der Waals surface area contributed by atoms with Crippen molar-refractivity contribution >= 4 is 22.4 Å². The van der Waals surface area contributed by atoms with Crippen LogP contribution in [0.15, 0.2) is 65.7 Å².